The molecule has 0 spiro atoms. The summed E-state index contributed by atoms with van der Waals surface area (Å²) in [6.07, 6.45) is 6.61. The summed E-state index contributed by atoms with van der Waals surface area (Å²) in [5.74, 6) is -1.51. The lowest BCUT2D eigenvalue weighted by atomic mass is 9.89. The van der Waals surface area contributed by atoms with E-state index < -0.39 is 11.9 Å². The molecule has 0 saturated carbocycles. The Morgan fingerprint density at radius 2 is 1.44 bits per heavy atom. The van der Waals surface area contributed by atoms with Crippen LogP contribution in [0.4, 0.5) is 0 Å². The minimum absolute atomic E-state index is 0.0318. The summed E-state index contributed by atoms with van der Waals surface area (Å²) in [6.45, 7) is 11.9. The Morgan fingerprint density at radius 3 is 2.02 bits per heavy atom. The Kier molecular flexibility index (Phi) is 9.57. The van der Waals surface area contributed by atoms with Gasteiger partial charge >= 0.3 is 11.9 Å². The van der Waals surface area contributed by atoms with Crippen molar-refractivity contribution < 1.29 is 29.7 Å². The minimum atomic E-state index is -0.892. The number of aromatic amines is 3. The smallest absolute Gasteiger partial charge is 0.303 e. The molecule has 0 aromatic carbocycles. The van der Waals surface area contributed by atoms with E-state index in [0.29, 0.717) is 25.7 Å². The quantitative estimate of drug-likeness (QED) is 0.170. The maximum absolute atomic E-state index is 12.4. The third-order valence-corrected chi connectivity index (χ3v) is 9.24. The maximum atomic E-state index is 12.4. The van der Waals surface area contributed by atoms with Gasteiger partial charge in [0.05, 0.1) is 6.04 Å². The number of carbonyl (C=O) groups excluding carboxylic acids is 1. The highest BCUT2D eigenvalue weighted by Crippen LogP contribution is 2.29. The van der Waals surface area contributed by atoms with E-state index in [4.69, 9.17) is 0 Å². The van der Waals surface area contributed by atoms with Gasteiger partial charge in [0, 0.05) is 58.5 Å². The van der Waals surface area contributed by atoms with Gasteiger partial charge in [-0.05, 0) is 85.9 Å². The standard InChI is InChI=1S/C33H44N4O6/c1-7-20-19(6)32(42)37-27(20)14-25-18(5)23(10-12-31(40)41)29(35-25)15-28-22(9-11-30(38)39)17(4)24(34-28)13-26-16(3)21(8-2)33(43)36-26/h14-15,19-20,27,34-36,43H,7-13H2,1-6H3,(H,37,42)(H,38,39)(H,40,41)/b25-14+,29-15-/t19-,20-,27?/m1/s1. The van der Waals surface area contributed by atoms with Gasteiger partial charge in [0.15, 0.2) is 5.88 Å². The molecule has 7 N–H and O–H groups in total. The number of aromatic hydroxyl groups is 1. The first-order valence-electron chi connectivity index (χ1n) is 15.1. The predicted molar refractivity (Wildman–Crippen MR) is 165 cm³/mol. The van der Waals surface area contributed by atoms with Crippen molar-refractivity contribution in [1.82, 2.24) is 20.3 Å². The zero-order chi connectivity index (χ0) is 31.6. The number of carboxylic acid groups (broad SMARTS) is 2. The van der Waals surface area contributed by atoms with Gasteiger partial charge in [0.25, 0.3) is 0 Å². The summed E-state index contributed by atoms with van der Waals surface area (Å²) >= 11 is 0. The van der Waals surface area contributed by atoms with E-state index in [0.717, 1.165) is 67.6 Å². The number of amides is 1. The fourth-order valence-corrected chi connectivity index (χ4v) is 6.56. The van der Waals surface area contributed by atoms with E-state index in [1.807, 2.05) is 46.8 Å². The monoisotopic (exact) mass is 592 g/mol. The van der Waals surface area contributed by atoms with Gasteiger partial charge in [-0.15, -0.1) is 0 Å². The molecule has 3 atom stereocenters. The molecule has 10 heteroatoms. The van der Waals surface area contributed by atoms with Crippen LogP contribution in [0.1, 0.15) is 90.5 Å². The van der Waals surface area contributed by atoms with E-state index in [-0.39, 0.29) is 42.5 Å². The number of carbonyl (C=O) groups is 3. The van der Waals surface area contributed by atoms with Crippen LogP contribution in [-0.2, 0) is 40.1 Å². The Morgan fingerprint density at radius 1 is 0.837 bits per heavy atom. The second kappa shape index (κ2) is 13.0. The van der Waals surface area contributed by atoms with Gasteiger partial charge in [-0.2, -0.15) is 0 Å². The molecule has 3 aromatic heterocycles. The predicted octanol–water partition coefficient (Wildman–Crippen LogP) is 3.26. The van der Waals surface area contributed by atoms with E-state index in [1.54, 1.807) is 0 Å². The molecule has 1 saturated heterocycles. The van der Waals surface area contributed by atoms with Crippen molar-refractivity contribution in [2.45, 2.75) is 92.5 Å². The fourth-order valence-electron chi connectivity index (χ4n) is 6.56. The van der Waals surface area contributed by atoms with E-state index >= 15 is 0 Å². The van der Waals surface area contributed by atoms with Crippen LogP contribution in [0.2, 0.25) is 0 Å². The van der Waals surface area contributed by atoms with Gasteiger partial charge in [0.2, 0.25) is 5.91 Å². The van der Waals surface area contributed by atoms with Crippen molar-refractivity contribution in [1.29, 1.82) is 0 Å². The molecule has 0 bridgehead atoms. The van der Waals surface area contributed by atoms with Crippen molar-refractivity contribution in [3.8, 4) is 5.88 Å². The van der Waals surface area contributed by atoms with Gasteiger partial charge < -0.3 is 35.6 Å². The molecule has 1 aliphatic rings. The number of H-pyrrole nitrogens is 3. The van der Waals surface area contributed by atoms with Crippen molar-refractivity contribution in [2.24, 2.45) is 11.8 Å². The summed E-state index contributed by atoms with van der Waals surface area (Å²) in [5.41, 5.74) is 8.08. The topological polar surface area (TPSA) is 171 Å². The van der Waals surface area contributed by atoms with Crippen LogP contribution in [0.5, 0.6) is 5.88 Å². The molecule has 4 rings (SSSR count). The van der Waals surface area contributed by atoms with Crippen molar-refractivity contribution in [3.05, 3.63) is 61.2 Å². The molecular weight excluding hydrogens is 548 g/mol. The summed E-state index contributed by atoms with van der Waals surface area (Å²) < 4.78 is 0. The molecule has 43 heavy (non-hydrogen) atoms. The third kappa shape index (κ3) is 6.58. The first-order chi connectivity index (χ1) is 20.4. The normalized spacial score (nSPS) is 19.4. The summed E-state index contributed by atoms with van der Waals surface area (Å²) in [5, 5.41) is 34.0. The van der Waals surface area contributed by atoms with Gasteiger partial charge in [-0.25, -0.2) is 0 Å². The van der Waals surface area contributed by atoms with E-state index in [9.17, 15) is 29.7 Å². The highest BCUT2D eigenvalue weighted by Gasteiger charge is 2.36. The van der Waals surface area contributed by atoms with Gasteiger partial charge in [0.1, 0.15) is 0 Å². The van der Waals surface area contributed by atoms with Crippen LogP contribution in [-0.4, -0.2) is 54.2 Å². The molecule has 1 unspecified atom stereocenters. The molecular formula is C33H44N4O6. The van der Waals surface area contributed by atoms with Crippen LogP contribution in [0.15, 0.2) is 0 Å². The third-order valence-electron chi connectivity index (χ3n) is 9.24. The first-order valence-corrected chi connectivity index (χ1v) is 15.1. The van der Waals surface area contributed by atoms with Crippen LogP contribution >= 0.6 is 0 Å². The van der Waals surface area contributed by atoms with Crippen molar-refractivity contribution in [3.63, 3.8) is 0 Å². The zero-order valence-electron chi connectivity index (χ0n) is 25.9. The average Bonchev–Trinajstić information content (AvgIpc) is 3.59. The Hall–Kier alpha value is -4.21. The van der Waals surface area contributed by atoms with Crippen LogP contribution in [0.3, 0.4) is 0 Å². The Labute approximate surface area is 251 Å². The molecule has 232 valence electrons. The lowest BCUT2D eigenvalue weighted by Crippen LogP contribution is -2.29. The summed E-state index contributed by atoms with van der Waals surface area (Å²) in [4.78, 5) is 45.6. The number of aliphatic carboxylic acids is 2. The number of aromatic nitrogens is 3. The van der Waals surface area contributed by atoms with E-state index in [1.165, 1.54) is 0 Å². The molecule has 3 aromatic rings. The van der Waals surface area contributed by atoms with Gasteiger partial charge in [-0.1, -0.05) is 27.2 Å². The fraction of sp³-hybridized carbons (Fsp3) is 0.485. The van der Waals surface area contributed by atoms with Crippen molar-refractivity contribution in [2.75, 3.05) is 0 Å². The summed E-state index contributed by atoms with van der Waals surface area (Å²) in [7, 11) is 0. The van der Waals surface area contributed by atoms with Gasteiger partial charge in [-0.3, -0.25) is 14.4 Å². The Balaban J connectivity index is 1.85. The Bertz CT molecular complexity index is 1660. The number of hydrogen-bond acceptors (Lipinski definition) is 4. The molecule has 1 aliphatic heterocycles. The molecule has 1 fully saturated rings. The second-order valence-electron chi connectivity index (χ2n) is 11.8. The SMILES string of the molecule is CCc1c(O)[nH]c(Cc2[nH]c(/C=c3\[nH]/c(=C/C4NC(=O)[C@H](C)[C@H]4CC)c(C)c3CCC(=O)O)c(CCC(=O)O)c2C)c1C. The van der Waals surface area contributed by atoms with Crippen molar-refractivity contribution >= 4 is 30.0 Å². The largest absolute Gasteiger partial charge is 0.494 e. The van der Waals surface area contributed by atoms with Crippen LogP contribution in [0, 0.1) is 32.6 Å². The number of carboxylic acids is 2. The second-order valence-corrected chi connectivity index (χ2v) is 11.8. The maximum Gasteiger partial charge on any atom is 0.303 e. The highest BCUT2D eigenvalue weighted by molar-refractivity contribution is 5.83. The molecule has 0 radical (unpaired) electrons. The lowest BCUT2D eigenvalue weighted by Gasteiger charge is -2.15. The number of nitrogens with one attached hydrogen (secondary N) is 4. The molecule has 1 amide bonds. The highest BCUT2D eigenvalue weighted by atomic mass is 16.4. The van der Waals surface area contributed by atoms with Crippen LogP contribution < -0.4 is 16.0 Å². The molecule has 0 aliphatic carbocycles. The zero-order valence-corrected chi connectivity index (χ0v) is 25.9. The lowest BCUT2D eigenvalue weighted by molar-refractivity contribution is -0.138. The molecule has 10 nitrogen and oxygen atoms in total. The minimum Gasteiger partial charge on any atom is -0.494 e. The van der Waals surface area contributed by atoms with E-state index in [2.05, 4.69) is 27.2 Å². The first kappa shape index (κ1) is 31.7. The summed E-state index contributed by atoms with van der Waals surface area (Å²) in [6, 6.07) is -0.135. The molecule has 4 heterocycles. The van der Waals surface area contributed by atoms with Crippen LogP contribution in [0.25, 0.3) is 12.2 Å². The number of rotatable bonds is 12. The number of hydrogen-bond donors (Lipinski definition) is 7. The average molecular weight is 593 g/mol.